The van der Waals surface area contributed by atoms with Crippen molar-refractivity contribution in [2.45, 2.75) is 18.9 Å². The number of halogens is 1. The molecule has 8 heteroatoms. The van der Waals surface area contributed by atoms with Crippen LogP contribution in [0.25, 0.3) is 0 Å². The molecule has 2 N–H and O–H groups in total. The summed E-state index contributed by atoms with van der Waals surface area (Å²) < 4.78 is 18.2. The number of aromatic nitrogens is 2. The first-order valence-electron chi connectivity index (χ1n) is 7.86. The van der Waals surface area contributed by atoms with Gasteiger partial charge in [-0.2, -0.15) is 0 Å². The van der Waals surface area contributed by atoms with E-state index in [0.29, 0.717) is 31.0 Å². The van der Waals surface area contributed by atoms with Gasteiger partial charge in [-0.3, -0.25) is 9.59 Å². The Morgan fingerprint density at radius 3 is 2.80 bits per heavy atom. The van der Waals surface area contributed by atoms with Crippen molar-refractivity contribution in [2.24, 2.45) is 0 Å². The molecule has 1 atom stereocenters. The standard InChI is InChI=1S/C17H18FN3O4/c1-21(8-10-2-4-12(18)5-3-10)17(24)13-14(22)16(23)20-15(19-13)11-6-7-25-9-11/h2-5,11,22H,6-9H2,1H3,(H,19,20,23). The van der Waals surface area contributed by atoms with E-state index in [1.165, 1.54) is 24.1 Å². The highest BCUT2D eigenvalue weighted by Crippen LogP contribution is 2.23. The Morgan fingerprint density at radius 2 is 2.16 bits per heavy atom. The molecule has 1 fully saturated rings. The summed E-state index contributed by atoms with van der Waals surface area (Å²) in [5.41, 5.74) is -0.336. The van der Waals surface area contributed by atoms with E-state index in [-0.39, 0.29) is 24.0 Å². The monoisotopic (exact) mass is 347 g/mol. The minimum absolute atomic E-state index is 0.109. The normalized spacial score (nSPS) is 16.8. The van der Waals surface area contributed by atoms with E-state index in [1.807, 2.05) is 0 Å². The van der Waals surface area contributed by atoms with Crippen LogP contribution in [0.2, 0.25) is 0 Å². The second kappa shape index (κ2) is 7.02. The summed E-state index contributed by atoms with van der Waals surface area (Å²) in [7, 11) is 1.52. The van der Waals surface area contributed by atoms with Crippen LogP contribution in [-0.4, -0.2) is 46.1 Å². The molecule has 0 bridgehead atoms. The van der Waals surface area contributed by atoms with Gasteiger partial charge in [-0.05, 0) is 24.1 Å². The van der Waals surface area contributed by atoms with Gasteiger partial charge in [0.2, 0.25) is 5.75 Å². The lowest BCUT2D eigenvalue weighted by Gasteiger charge is -2.18. The molecule has 0 aliphatic carbocycles. The first-order chi connectivity index (χ1) is 12.0. The smallest absolute Gasteiger partial charge is 0.293 e. The highest BCUT2D eigenvalue weighted by Gasteiger charge is 2.26. The number of ether oxygens (including phenoxy) is 1. The van der Waals surface area contributed by atoms with E-state index in [0.717, 1.165) is 0 Å². The Bertz CT molecular complexity index is 829. The van der Waals surface area contributed by atoms with Crippen molar-refractivity contribution >= 4 is 5.91 Å². The van der Waals surface area contributed by atoms with E-state index < -0.39 is 17.2 Å². The molecule has 1 aromatic carbocycles. The number of carbonyl (C=O) groups is 1. The third kappa shape index (κ3) is 3.69. The van der Waals surface area contributed by atoms with Crippen molar-refractivity contribution in [2.75, 3.05) is 20.3 Å². The zero-order chi connectivity index (χ0) is 18.0. The molecular weight excluding hydrogens is 329 g/mol. The molecule has 25 heavy (non-hydrogen) atoms. The molecule has 0 saturated carbocycles. The summed E-state index contributed by atoms with van der Waals surface area (Å²) in [6.07, 6.45) is 0.687. The van der Waals surface area contributed by atoms with Crippen LogP contribution in [0.5, 0.6) is 5.75 Å². The number of rotatable bonds is 4. The molecule has 1 aliphatic rings. The molecule has 1 unspecified atom stereocenters. The van der Waals surface area contributed by atoms with E-state index in [9.17, 15) is 19.1 Å². The average molecular weight is 347 g/mol. The maximum atomic E-state index is 13.0. The highest BCUT2D eigenvalue weighted by molar-refractivity contribution is 5.94. The molecule has 1 aromatic heterocycles. The summed E-state index contributed by atoms with van der Waals surface area (Å²) in [5.74, 6) is -1.44. The van der Waals surface area contributed by atoms with Crippen molar-refractivity contribution < 1.29 is 19.0 Å². The summed E-state index contributed by atoms with van der Waals surface area (Å²) in [6, 6.07) is 5.72. The molecule has 0 spiro atoms. The van der Waals surface area contributed by atoms with Gasteiger partial charge in [-0.25, -0.2) is 9.37 Å². The van der Waals surface area contributed by atoms with Gasteiger partial charge in [0.15, 0.2) is 5.69 Å². The van der Waals surface area contributed by atoms with Crippen molar-refractivity contribution in [1.29, 1.82) is 0 Å². The fraction of sp³-hybridized carbons (Fsp3) is 0.353. The molecular formula is C17H18FN3O4. The number of benzene rings is 1. The topological polar surface area (TPSA) is 95.5 Å². The molecule has 2 aromatic rings. The van der Waals surface area contributed by atoms with E-state index in [1.54, 1.807) is 12.1 Å². The summed E-state index contributed by atoms with van der Waals surface area (Å²) in [5, 5.41) is 9.95. The quantitative estimate of drug-likeness (QED) is 0.871. The molecule has 1 saturated heterocycles. The van der Waals surface area contributed by atoms with Crippen molar-refractivity contribution in [3.05, 3.63) is 57.5 Å². The minimum Gasteiger partial charge on any atom is -0.501 e. The minimum atomic E-state index is -0.754. The van der Waals surface area contributed by atoms with Gasteiger partial charge in [0, 0.05) is 26.1 Å². The summed E-state index contributed by atoms with van der Waals surface area (Å²) in [6.45, 7) is 1.16. The zero-order valence-electron chi connectivity index (χ0n) is 13.7. The first-order valence-corrected chi connectivity index (χ1v) is 7.86. The van der Waals surface area contributed by atoms with Crippen LogP contribution < -0.4 is 5.56 Å². The summed E-state index contributed by atoms with van der Waals surface area (Å²) in [4.78, 5) is 32.5. The third-order valence-corrected chi connectivity index (χ3v) is 4.11. The van der Waals surface area contributed by atoms with Crippen molar-refractivity contribution in [3.8, 4) is 5.75 Å². The SMILES string of the molecule is CN(Cc1ccc(F)cc1)C(=O)c1nc(C2CCOC2)[nH]c(=O)c1O. The number of amides is 1. The zero-order valence-corrected chi connectivity index (χ0v) is 13.7. The van der Waals surface area contributed by atoms with Crippen LogP contribution >= 0.6 is 0 Å². The third-order valence-electron chi connectivity index (χ3n) is 4.11. The summed E-state index contributed by atoms with van der Waals surface area (Å²) >= 11 is 0. The Hall–Kier alpha value is -2.74. The molecule has 1 aliphatic heterocycles. The van der Waals surface area contributed by atoms with E-state index >= 15 is 0 Å². The molecule has 0 radical (unpaired) electrons. The molecule has 7 nitrogen and oxygen atoms in total. The van der Waals surface area contributed by atoms with Crippen LogP contribution in [0.3, 0.4) is 0 Å². The number of nitrogens with one attached hydrogen (secondary N) is 1. The van der Waals surface area contributed by atoms with Crippen molar-refractivity contribution in [3.63, 3.8) is 0 Å². The lowest BCUT2D eigenvalue weighted by molar-refractivity contribution is 0.0774. The Labute approximate surface area is 143 Å². The van der Waals surface area contributed by atoms with E-state index in [2.05, 4.69) is 9.97 Å². The van der Waals surface area contributed by atoms with Crippen LogP contribution in [0.1, 0.15) is 34.2 Å². The number of hydrogen-bond donors (Lipinski definition) is 2. The van der Waals surface area contributed by atoms with Crippen molar-refractivity contribution in [1.82, 2.24) is 14.9 Å². The van der Waals surface area contributed by atoms with Gasteiger partial charge < -0.3 is 19.7 Å². The van der Waals surface area contributed by atoms with Crippen LogP contribution in [0.15, 0.2) is 29.1 Å². The maximum absolute atomic E-state index is 13.0. The Balaban J connectivity index is 1.85. The van der Waals surface area contributed by atoms with Gasteiger partial charge >= 0.3 is 0 Å². The maximum Gasteiger partial charge on any atom is 0.293 e. The van der Waals surface area contributed by atoms with Gasteiger partial charge in [0.1, 0.15) is 11.6 Å². The molecule has 1 amide bonds. The number of H-pyrrole nitrogens is 1. The lowest BCUT2D eigenvalue weighted by atomic mass is 10.1. The van der Waals surface area contributed by atoms with Gasteiger partial charge in [0.25, 0.3) is 11.5 Å². The van der Waals surface area contributed by atoms with Gasteiger partial charge in [0.05, 0.1) is 6.61 Å². The van der Waals surface area contributed by atoms with Gasteiger partial charge in [-0.1, -0.05) is 12.1 Å². The molecule has 3 rings (SSSR count). The van der Waals surface area contributed by atoms with E-state index in [4.69, 9.17) is 4.74 Å². The first kappa shape index (κ1) is 17.1. The number of hydrogen-bond acceptors (Lipinski definition) is 5. The van der Waals surface area contributed by atoms with Crippen LogP contribution in [-0.2, 0) is 11.3 Å². The molecule has 132 valence electrons. The predicted molar refractivity (Wildman–Crippen MR) is 86.9 cm³/mol. The second-order valence-corrected chi connectivity index (χ2v) is 6.00. The van der Waals surface area contributed by atoms with Crippen LogP contribution in [0.4, 0.5) is 4.39 Å². The highest BCUT2D eigenvalue weighted by atomic mass is 19.1. The Kier molecular flexibility index (Phi) is 4.80. The number of aromatic hydroxyl groups is 1. The second-order valence-electron chi connectivity index (χ2n) is 6.00. The lowest BCUT2D eigenvalue weighted by Crippen LogP contribution is -2.30. The predicted octanol–water partition coefficient (Wildman–Crippen LogP) is 1.39. The molecule has 2 heterocycles. The number of aromatic amines is 1. The largest absolute Gasteiger partial charge is 0.501 e. The fourth-order valence-electron chi connectivity index (χ4n) is 2.69. The fourth-order valence-corrected chi connectivity index (χ4v) is 2.69. The average Bonchev–Trinajstić information content (AvgIpc) is 3.13. The Morgan fingerprint density at radius 1 is 1.44 bits per heavy atom. The van der Waals surface area contributed by atoms with Gasteiger partial charge in [-0.15, -0.1) is 0 Å². The van der Waals surface area contributed by atoms with Crippen LogP contribution in [0, 0.1) is 5.82 Å². The number of carbonyl (C=O) groups excluding carboxylic acids is 1. The number of nitrogens with zero attached hydrogens (tertiary/aromatic N) is 2.